The van der Waals surface area contributed by atoms with Gasteiger partial charge in [-0.2, -0.15) is 0 Å². The van der Waals surface area contributed by atoms with Crippen molar-refractivity contribution in [1.82, 2.24) is 4.98 Å². The van der Waals surface area contributed by atoms with Crippen LogP contribution in [0.25, 0.3) is 76.1 Å². The van der Waals surface area contributed by atoms with E-state index in [1.807, 2.05) is 30.3 Å². The minimum Gasteiger partial charge on any atom is -0.436 e. The molecule has 0 amide bonds. The van der Waals surface area contributed by atoms with Crippen LogP contribution in [0.1, 0.15) is 0 Å². The third-order valence-corrected chi connectivity index (χ3v) is 11.1. The summed E-state index contributed by atoms with van der Waals surface area (Å²) in [4.78, 5) is 7.18. The van der Waals surface area contributed by atoms with Gasteiger partial charge in [-0.25, -0.2) is 4.98 Å². The zero-order valence-electron chi connectivity index (χ0n) is 28.7. The number of rotatable bonds is 7. The molecule has 0 unspecified atom stereocenters. The minimum absolute atomic E-state index is 0.649. The molecule has 0 radical (unpaired) electrons. The summed E-state index contributed by atoms with van der Waals surface area (Å²) in [7, 11) is 0. The minimum atomic E-state index is 0.649. The lowest BCUT2D eigenvalue weighted by atomic mass is 10.00. The van der Waals surface area contributed by atoms with Gasteiger partial charge >= 0.3 is 0 Å². The first-order chi connectivity index (χ1) is 26.2. The number of hydrogen-bond donors (Lipinski definition) is 0. The van der Waals surface area contributed by atoms with Crippen molar-refractivity contribution >= 4 is 59.7 Å². The highest BCUT2D eigenvalue weighted by Gasteiger charge is 2.18. The number of oxazole rings is 1. The maximum Gasteiger partial charge on any atom is 0.227 e. The number of nitrogens with zero attached hydrogens (tertiary/aromatic N) is 2. The van der Waals surface area contributed by atoms with E-state index in [9.17, 15) is 0 Å². The van der Waals surface area contributed by atoms with Gasteiger partial charge in [0.1, 0.15) is 5.52 Å². The number of benzene rings is 8. The van der Waals surface area contributed by atoms with E-state index in [0.717, 1.165) is 39.3 Å². The van der Waals surface area contributed by atoms with Crippen molar-refractivity contribution in [2.45, 2.75) is 0 Å². The second-order valence-electron chi connectivity index (χ2n) is 13.2. The first-order valence-corrected chi connectivity index (χ1v) is 18.6. The summed E-state index contributed by atoms with van der Waals surface area (Å²) in [6.45, 7) is 0. The van der Waals surface area contributed by atoms with Crippen LogP contribution in [-0.4, -0.2) is 4.98 Å². The molecule has 0 aliphatic carbocycles. The lowest BCUT2D eigenvalue weighted by molar-refractivity contribution is 0.620. The highest BCUT2D eigenvalue weighted by atomic mass is 32.1. The summed E-state index contributed by atoms with van der Waals surface area (Å²) in [5.41, 5.74) is 13.1. The summed E-state index contributed by atoms with van der Waals surface area (Å²) in [5, 5.41) is 2.41. The second kappa shape index (κ2) is 13.1. The van der Waals surface area contributed by atoms with Crippen LogP contribution in [0.2, 0.25) is 0 Å². The van der Waals surface area contributed by atoms with Crippen molar-refractivity contribution < 1.29 is 4.42 Å². The first kappa shape index (κ1) is 31.0. The zero-order valence-corrected chi connectivity index (χ0v) is 29.5. The standard InChI is InChI=1S/C49H32N2OS/c1-4-12-33(13-5-1)34-20-25-39(26-21-34)51(45-19-11-10-18-41(45)36-14-6-2-7-15-36)40-27-22-35(23-28-40)38-24-29-47-42(30-38)43-31-46-44(32-48(43)53-47)50-49(52-46)37-16-8-3-9-17-37/h1-32H. The van der Waals surface area contributed by atoms with Gasteiger partial charge in [-0.3, -0.25) is 0 Å². The summed E-state index contributed by atoms with van der Waals surface area (Å²) >= 11 is 1.80. The fourth-order valence-corrected chi connectivity index (χ4v) is 8.38. The Morgan fingerprint density at radius 2 is 0.943 bits per heavy atom. The Labute approximate surface area is 311 Å². The molecule has 2 aromatic heterocycles. The molecule has 0 aliphatic rings. The van der Waals surface area contributed by atoms with E-state index < -0.39 is 0 Å². The van der Waals surface area contributed by atoms with E-state index in [0.29, 0.717) is 5.89 Å². The Morgan fingerprint density at radius 1 is 0.415 bits per heavy atom. The fourth-order valence-electron chi connectivity index (χ4n) is 7.28. The molecule has 0 spiro atoms. The second-order valence-corrected chi connectivity index (χ2v) is 14.3. The molecule has 0 atom stereocenters. The quantitative estimate of drug-likeness (QED) is 0.166. The molecule has 0 N–H and O–H groups in total. The van der Waals surface area contributed by atoms with Gasteiger partial charge in [0.2, 0.25) is 5.89 Å². The normalized spacial score (nSPS) is 11.4. The molecule has 8 aromatic carbocycles. The van der Waals surface area contributed by atoms with Crippen molar-refractivity contribution in [3.05, 3.63) is 194 Å². The molecule has 10 rings (SSSR count). The number of fused-ring (bicyclic) bond motifs is 4. The summed E-state index contributed by atoms with van der Waals surface area (Å²) in [6.07, 6.45) is 0. The molecule has 0 saturated carbocycles. The molecule has 250 valence electrons. The van der Waals surface area contributed by atoms with Gasteiger partial charge in [-0.1, -0.05) is 127 Å². The van der Waals surface area contributed by atoms with E-state index in [4.69, 9.17) is 9.40 Å². The molecular formula is C49H32N2OS. The van der Waals surface area contributed by atoms with Crippen molar-refractivity contribution in [2.75, 3.05) is 4.90 Å². The molecular weight excluding hydrogens is 665 g/mol. The Balaban J connectivity index is 1.04. The lowest BCUT2D eigenvalue weighted by Gasteiger charge is -2.28. The van der Waals surface area contributed by atoms with E-state index in [-0.39, 0.29) is 0 Å². The molecule has 0 saturated heterocycles. The van der Waals surface area contributed by atoms with Crippen molar-refractivity contribution in [3.8, 4) is 44.8 Å². The molecule has 2 heterocycles. The first-order valence-electron chi connectivity index (χ1n) is 17.8. The Morgan fingerprint density at radius 3 is 1.62 bits per heavy atom. The van der Waals surface area contributed by atoms with Gasteiger partial charge < -0.3 is 9.32 Å². The monoisotopic (exact) mass is 696 g/mol. The van der Waals surface area contributed by atoms with E-state index in [2.05, 4.69) is 169 Å². The highest BCUT2D eigenvalue weighted by Crippen LogP contribution is 2.43. The topological polar surface area (TPSA) is 29.3 Å². The smallest absolute Gasteiger partial charge is 0.227 e. The molecule has 0 bridgehead atoms. The van der Waals surface area contributed by atoms with Gasteiger partial charge in [0.05, 0.1) is 5.69 Å². The molecule has 10 aromatic rings. The average Bonchev–Trinajstić information content (AvgIpc) is 3.82. The molecule has 53 heavy (non-hydrogen) atoms. The molecule has 3 nitrogen and oxygen atoms in total. The summed E-state index contributed by atoms with van der Waals surface area (Å²) in [5.74, 6) is 0.649. The van der Waals surface area contributed by atoms with Crippen LogP contribution in [0.5, 0.6) is 0 Å². The van der Waals surface area contributed by atoms with Crippen LogP contribution in [0.15, 0.2) is 199 Å². The third kappa shape index (κ3) is 5.76. The summed E-state index contributed by atoms with van der Waals surface area (Å²) < 4.78 is 8.71. The Hall–Kier alpha value is -6.75. The number of aromatic nitrogens is 1. The van der Waals surface area contributed by atoms with Crippen molar-refractivity contribution in [2.24, 2.45) is 0 Å². The Kier molecular flexibility index (Phi) is 7.67. The van der Waals surface area contributed by atoms with Crippen molar-refractivity contribution in [1.29, 1.82) is 0 Å². The predicted molar refractivity (Wildman–Crippen MR) is 223 cm³/mol. The zero-order chi connectivity index (χ0) is 35.1. The van der Waals surface area contributed by atoms with E-state index in [1.165, 1.54) is 48.0 Å². The van der Waals surface area contributed by atoms with E-state index >= 15 is 0 Å². The van der Waals surface area contributed by atoms with Crippen LogP contribution < -0.4 is 4.90 Å². The van der Waals surface area contributed by atoms with Gasteiger partial charge in [0.15, 0.2) is 5.58 Å². The van der Waals surface area contributed by atoms with Gasteiger partial charge in [-0.05, 0) is 94.5 Å². The average molecular weight is 697 g/mol. The molecule has 0 fully saturated rings. The van der Waals surface area contributed by atoms with Crippen LogP contribution in [0.3, 0.4) is 0 Å². The van der Waals surface area contributed by atoms with Crippen LogP contribution >= 0.6 is 11.3 Å². The third-order valence-electron chi connectivity index (χ3n) is 9.92. The number of para-hydroxylation sites is 1. The maximum atomic E-state index is 6.26. The van der Waals surface area contributed by atoms with Gasteiger partial charge in [0.25, 0.3) is 0 Å². The number of hydrogen-bond acceptors (Lipinski definition) is 4. The van der Waals surface area contributed by atoms with E-state index in [1.54, 1.807) is 11.3 Å². The fraction of sp³-hybridized carbons (Fsp3) is 0. The van der Waals surface area contributed by atoms with Gasteiger partial charge in [0, 0.05) is 42.7 Å². The van der Waals surface area contributed by atoms with Crippen LogP contribution in [-0.2, 0) is 0 Å². The Bertz CT molecular complexity index is 2860. The highest BCUT2D eigenvalue weighted by molar-refractivity contribution is 7.25. The SMILES string of the molecule is c1ccc(-c2ccc(N(c3ccc(-c4ccc5sc6cc7nc(-c8ccccc8)oc7cc6c5c4)cc3)c3ccccc3-c3ccccc3)cc2)cc1. The van der Waals surface area contributed by atoms with Crippen LogP contribution in [0, 0.1) is 0 Å². The largest absolute Gasteiger partial charge is 0.436 e. The number of thiophene rings is 1. The van der Waals surface area contributed by atoms with Crippen LogP contribution in [0.4, 0.5) is 17.1 Å². The molecule has 0 aliphatic heterocycles. The lowest BCUT2D eigenvalue weighted by Crippen LogP contribution is -2.11. The van der Waals surface area contributed by atoms with Crippen molar-refractivity contribution in [3.63, 3.8) is 0 Å². The van der Waals surface area contributed by atoms with Gasteiger partial charge in [-0.15, -0.1) is 11.3 Å². The number of anilines is 3. The predicted octanol–water partition coefficient (Wildman–Crippen LogP) is 14.3. The maximum absolute atomic E-state index is 6.26. The summed E-state index contributed by atoms with van der Waals surface area (Å²) in [6, 6.07) is 68.8. The molecule has 4 heteroatoms.